The van der Waals surface area contributed by atoms with Crippen LogP contribution in [0.4, 0.5) is 0 Å². The Balaban J connectivity index is 0.00000300. The van der Waals surface area contributed by atoms with E-state index in [2.05, 4.69) is 50.9 Å². The Morgan fingerprint density at radius 1 is 1.14 bits per heavy atom. The van der Waals surface area contributed by atoms with Crippen LogP contribution in [0.25, 0.3) is 0 Å². The number of halogens is 1. The van der Waals surface area contributed by atoms with Crippen molar-refractivity contribution in [3.05, 3.63) is 59.5 Å². The van der Waals surface area contributed by atoms with Crippen LogP contribution in [0, 0.1) is 0 Å². The van der Waals surface area contributed by atoms with E-state index in [1.807, 2.05) is 6.07 Å². The number of benzene rings is 1. The molecule has 29 heavy (non-hydrogen) atoms. The SMILES string of the molecule is CN=C(NCc1cccc(COC)c1)NCC(c1ccco1)N1CCCCC1.I. The summed E-state index contributed by atoms with van der Waals surface area (Å²) < 4.78 is 10.9. The van der Waals surface area contributed by atoms with Gasteiger partial charge in [-0.15, -0.1) is 24.0 Å². The van der Waals surface area contributed by atoms with Crippen molar-refractivity contribution in [2.45, 2.75) is 38.5 Å². The van der Waals surface area contributed by atoms with E-state index >= 15 is 0 Å². The average Bonchev–Trinajstić information content (AvgIpc) is 3.26. The summed E-state index contributed by atoms with van der Waals surface area (Å²) in [6.07, 6.45) is 5.58. The maximum absolute atomic E-state index is 5.73. The second-order valence-electron chi connectivity index (χ2n) is 7.19. The van der Waals surface area contributed by atoms with Gasteiger partial charge in [0.25, 0.3) is 0 Å². The summed E-state index contributed by atoms with van der Waals surface area (Å²) in [5, 5.41) is 6.89. The van der Waals surface area contributed by atoms with Gasteiger partial charge in [0.1, 0.15) is 5.76 Å². The minimum Gasteiger partial charge on any atom is -0.468 e. The summed E-state index contributed by atoms with van der Waals surface area (Å²) in [5.74, 6) is 1.81. The van der Waals surface area contributed by atoms with Crippen molar-refractivity contribution >= 4 is 29.9 Å². The minimum atomic E-state index is 0. The number of rotatable bonds is 8. The Labute approximate surface area is 191 Å². The molecule has 1 aliphatic heterocycles. The van der Waals surface area contributed by atoms with E-state index in [9.17, 15) is 0 Å². The van der Waals surface area contributed by atoms with Gasteiger partial charge in [-0.2, -0.15) is 0 Å². The Morgan fingerprint density at radius 3 is 2.62 bits per heavy atom. The molecule has 3 rings (SSSR count). The molecule has 1 aliphatic rings. The fourth-order valence-corrected chi connectivity index (χ4v) is 3.72. The van der Waals surface area contributed by atoms with E-state index in [0.29, 0.717) is 13.2 Å². The van der Waals surface area contributed by atoms with Gasteiger partial charge in [0, 0.05) is 27.2 Å². The van der Waals surface area contributed by atoms with Crippen LogP contribution in [0.2, 0.25) is 0 Å². The number of piperidine rings is 1. The first kappa shape index (κ1) is 23.7. The standard InChI is InChI=1S/C22H32N4O2.HI/c1-23-22(24-15-18-8-6-9-19(14-18)17-27-2)25-16-20(21-10-7-13-28-21)26-11-4-3-5-12-26;/h6-10,13-14,20H,3-5,11-12,15-17H2,1-2H3,(H2,23,24,25);1H. The highest BCUT2D eigenvalue weighted by molar-refractivity contribution is 14.0. The van der Waals surface area contributed by atoms with Crippen molar-refractivity contribution in [2.24, 2.45) is 4.99 Å². The summed E-state index contributed by atoms with van der Waals surface area (Å²) in [5.41, 5.74) is 2.38. The number of hydrogen-bond donors (Lipinski definition) is 2. The normalized spacial score (nSPS) is 16.1. The molecule has 6 nitrogen and oxygen atoms in total. The number of nitrogens with zero attached hydrogens (tertiary/aromatic N) is 2. The molecule has 1 aromatic heterocycles. The zero-order chi connectivity index (χ0) is 19.6. The van der Waals surface area contributed by atoms with Crippen molar-refractivity contribution in [1.29, 1.82) is 0 Å². The van der Waals surface area contributed by atoms with Gasteiger partial charge in [-0.3, -0.25) is 9.89 Å². The molecule has 0 saturated carbocycles. The van der Waals surface area contributed by atoms with Crippen LogP contribution < -0.4 is 10.6 Å². The topological polar surface area (TPSA) is 62.0 Å². The Morgan fingerprint density at radius 2 is 1.93 bits per heavy atom. The average molecular weight is 512 g/mol. The molecule has 0 amide bonds. The van der Waals surface area contributed by atoms with Crippen molar-refractivity contribution in [1.82, 2.24) is 15.5 Å². The zero-order valence-electron chi connectivity index (χ0n) is 17.4. The molecule has 1 fully saturated rings. The van der Waals surface area contributed by atoms with Crippen LogP contribution >= 0.6 is 24.0 Å². The summed E-state index contributed by atoms with van der Waals surface area (Å²) in [7, 11) is 3.52. The highest BCUT2D eigenvalue weighted by Gasteiger charge is 2.24. The maximum atomic E-state index is 5.73. The van der Waals surface area contributed by atoms with Gasteiger partial charge in [-0.1, -0.05) is 30.7 Å². The summed E-state index contributed by atoms with van der Waals surface area (Å²) in [6.45, 7) is 4.33. The molecule has 0 bridgehead atoms. The van der Waals surface area contributed by atoms with Gasteiger partial charge in [-0.25, -0.2) is 0 Å². The van der Waals surface area contributed by atoms with E-state index in [4.69, 9.17) is 9.15 Å². The molecule has 0 radical (unpaired) electrons. The molecule has 2 aromatic rings. The quantitative estimate of drug-likeness (QED) is 0.319. The largest absolute Gasteiger partial charge is 0.468 e. The highest BCUT2D eigenvalue weighted by Crippen LogP contribution is 2.24. The summed E-state index contributed by atoms with van der Waals surface area (Å²) in [6, 6.07) is 12.7. The summed E-state index contributed by atoms with van der Waals surface area (Å²) >= 11 is 0. The maximum Gasteiger partial charge on any atom is 0.191 e. The third-order valence-electron chi connectivity index (χ3n) is 5.15. The van der Waals surface area contributed by atoms with E-state index in [1.165, 1.54) is 30.4 Å². The van der Waals surface area contributed by atoms with Gasteiger partial charge in [0.05, 0.1) is 18.9 Å². The molecule has 1 aromatic carbocycles. The van der Waals surface area contributed by atoms with Crippen molar-refractivity contribution in [3.63, 3.8) is 0 Å². The van der Waals surface area contributed by atoms with Crippen LogP contribution in [-0.4, -0.2) is 44.7 Å². The number of nitrogens with one attached hydrogen (secondary N) is 2. The second-order valence-corrected chi connectivity index (χ2v) is 7.19. The van der Waals surface area contributed by atoms with E-state index in [-0.39, 0.29) is 30.0 Å². The number of methoxy groups -OCH3 is 1. The van der Waals surface area contributed by atoms with E-state index in [1.54, 1.807) is 20.4 Å². The Bertz CT molecular complexity index is 730. The third kappa shape index (κ3) is 7.31. The van der Waals surface area contributed by atoms with Gasteiger partial charge < -0.3 is 19.8 Å². The van der Waals surface area contributed by atoms with Crippen molar-refractivity contribution < 1.29 is 9.15 Å². The Hall–Kier alpha value is -1.58. The molecule has 2 N–H and O–H groups in total. The molecule has 1 unspecified atom stereocenters. The van der Waals surface area contributed by atoms with Crippen molar-refractivity contribution in [3.8, 4) is 0 Å². The van der Waals surface area contributed by atoms with E-state index in [0.717, 1.165) is 31.4 Å². The van der Waals surface area contributed by atoms with Gasteiger partial charge >= 0.3 is 0 Å². The molecule has 1 atom stereocenters. The number of ether oxygens (including phenoxy) is 1. The molecule has 160 valence electrons. The number of aliphatic imine (C=N–C) groups is 1. The number of hydrogen-bond acceptors (Lipinski definition) is 4. The minimum absolute atomic E-state index is 0. The molecular formula is C22H33IN4O2. The number of furan rings is 1. The molecule has 2 heterocycles. The lowest BCUT2D eigenvalue weighted by Crippen LogP contribution is -2.44. The van der Waals surface area contributed by atoms with Crippen LogP contribution in [0.15, 0.2) is 52.1 Å². The van der Waals surface area contributed by atoms with E-state index < -0.39 is 0 Å². The smallest absolute Gasteiger partial charge is 0.191 e. The van der Waals surface area contributed by atoms with Crippen LogP contribution in [0.5, 0.6) is 0 Å². The van der Waals surface area contributed by atoms with Gasteiger partial charge in [-0.05, 0) is 49.2 Å². The predicted molar refractivity (Wildman–Crippen MR) is 128 cm³/mol. The first-order valence-corrected chi connectivity index (χ1v) is 10.1. The molecule has 0 aliphatic carbocycles. The van der Waals surface area contributed by atoms with Gasteiger partial charge in [0.2, 0.25) is 0 Å². The van der Waals surface area contributed by atoms with Crippen LogP contribution in [0.3, 0.4) is 0 Å². The Kier molecular flexibility index (Phi) is 10.5. The molecule has 0 spiro atoms. The molecular weight excluding hydrogens is 479 g/mol. The predicted octanol–water partition coefficient (Wildman–Crippen LogP) is 3.94. The lowest BCUT2D eigenvalue weighted by molar-refractivity contribution is 0.146. The molecule has 1 saturated heterocycles. The lowest BCUT2D eigenvalue weighted by Gasteiger charge is -2.33. The number of likely N-dealkylation sites (tertiary alicyclic amines) is 1. The fourth-order valence-electron chi connectivity index (χ4n) is 3.72. The third-order valence-corrected chi connectivity index (χ3v) is 5.15. The fraction of sp³-hybridized carbons (Fsp3) is 0.500. The van der Waals surface area contributed by atoms with Crippen LogP contribution in [0.1, 0.15) is 42.2 Å². The van der Waals surface area contributed by atoms with Crippen LogP contribution in [-0.2, 0) is 17.9 Å². The monoisotopic (exact) mass is 512 g/mol. The first-order valence-electron chi connectivity index (χ1n) is 10.1. The number of guanidine groups is 1. The van der Waals surface area contributed by atoms with Crippen molar-refractivity contribution in [2.75, 3.05) is 33.8 Å². The lowest BCUT2D eigenvalue weighted by atomic mass is 10.1. The zero-order valence-corrected chi connectivity index (χ0v) is 19.7. The first-order chi connectivity index (χ1) is 13.8. The second kappa shape index (κ2) is 12.9. The van der Waals surface area contributed by atoms with Gasteiger partial charge in [0.15, 0.2) is 5.96 Å². The highest BCUT2D eigenvalue weighted by atomic mass is 127. The summed E-state index contributed by atoms with van der Waals surface area (Å²) in [4.78, 5) is 6.89. The molecule has 7 heteroatoms.